The van der Waals surface area contributed by atoms with Gasteiger partial charge in [0, 0.05) is 45.3 Å². The van der Waals surface area contributed by atoms with Crippen molar-refractivity contribution >= 4 is 0 Å². The lowest BCUT2D eigenvalue weighted by Crippen LogP contribution is -2.49. The standard InChI is InChI=1S/C14H29N3/c1-12(2)13-10-14(11-13)16(3)8-9-17-6-4-15-5-7-17/h12-15H,4-11H2,1-3H3. The van der Waals surface area contributed by atoms with Gasteiger partial charge >= 0.3 is 0 Å². The van der Waals surface area contributed by atoms with Crippen molar-refractivity contribution in [3.8, 4) is 0 Å². The van der Waals surface area contributed by atoms with Gasteiger partial charge in [-0.2, -0.15) is 0 Å². The number of hydrogen-bond acceptors (Lipinski definition) is 3. The summed E-state index contributed by atoms with van der Waals surface area (Å²) in [5.74, 6) is 1.87. The fraction of sp³-hybridized carbons (Fsp3) is 1.00. The fourth-order valence-electron chi connectivity index (χ4n) is 2.95. The van der Waals surface area contributed by atoms with Gasteiger partial charge in [0.1, 0.15) is 0 Å². The normalized spacial score (nSPS) is 30.9. The lowest BCUT2D eigenvalue weighted by atomic mass is 9.73. The third kappa shape index (κ3) is 3.67. The Hall–Kier alpha value is -0.120. The van der Waals surface area contributed by atoms with E-state index in [2.05, 4.69) is 36.0 Å². The molecule has 0 atom stereocenters. The molecule has 2 rings (SSSR count). The van der Waals surface area contributed by atoms with E-state index in [-0.39, 0.29) is 0 Å². The molecule has 0 radical (unpaired) electrons. The molecule has 1 saturated heterocycles. The highest BCUT2D eigenvalue weighted by Crippen LogP contribution is 2.36. The number of nitrogens with zero attached hydrogens (tertiary/aromatic N) is 2. The topological polar surface area (TPSA) is 18.5 Å². The summed E-state index contributed by atoms with van der Waals surface area (Å²) in [4.78, 5) is 5.17. The van der Waals surface area contributed by atoms with Gasteiger partial charge in [-0.05, 0) is 31.7 Å². The second kappa shape index (κ2) is 6.17. The zero-order valence-corrected chi connectivity index (χ0v) is 11.8. The van der Waals surface area contributed by atoms with Crippen LogP contribution in [0.1, 0.15) is 26.7 Å². The van der Waals surface area contributed by atoms with Crippen LogP contribution in [0.3, 0.4) is 0 Å². The molecule has 1 aliphatic carbocycles. The Kier molecular flexibility index (Phi) is 4.83. The molecule has 0 amide bonds. The summed E-state index contributed by atoms with van der Waals surface area (Å²) in [5.41, 5.74) is 0. The molecule has 0 aromatic rings. The highest BCUT2D eigenvalue weighted by Gasteiger charge is 2.33. The van der Waals surface area contributed by atoms with Crippen LogP contribution in [0, 0.1) is 11.8 Å². The molecule has 0 spiro atoms. The molecular weight excluding hydrogens is 210 g/mol. The number of hydrogen-bond donors (Lipinski definition) is 1. The molecule has 0 bridgehead atoms. The first-order valence-corrected chi connectivity index (χ1v) is 7.30. The van der Waals surface area contributed by atoms with E-state index >= 15 is 0 Å². The van der Waals surface area contributed by atoms with Crippen LogP contribution in [0.5, 0.6) is 0 Å². The first-order valence-electron chi connectivity index (χ1n) is 7.30. The molecule has 17 heavy (non-hydrogen) atoms. The molecule has 3 heteroatoms. The van der Waals surface area contributed by atoms with E-state index in [9.17, 15) is 0 Å². The van der Waals surface area contributed by atoms with Gasteiger partial charge in [0.05, 0.1) is 0 Å². The molecule has 0 aromatic heterocycles. The zero-order valence-electron chi connectivity index (χ0n) is 11.8. The Morgan fingerprint density at radius 3 is 2.47 bits per heavy atom. The van der Waals surface area contributed by atoms with Gasteiger partial charge in [0.25, 0.3) is 0 Å². The van der Waals surface area contributed by atoms with Gasteiger partial charge in [0.2, 0.25) is 0 Å². The van der Waals surface area contributed by atoms with Gasteiger partial charge in [-0.15, -0.1) is 0 Å². The maximum atomic E-state index is 3.41. The maximum absolute atomic E-state index is 3.41. The molecule has 100 valence electrons. The van der Waals surface area contributed by atoms with Crippen LogP contribution < -0.4 is 5.32 Å². The van der Waals surface area contributed by atoms with Crippen molar-refractivity contribution in [2.24, 2.45) is 11.8 Å². The molecule has 1 aliphatic heterocycles. The quantitative estimate of drug-likeness (QED) is 0.779. The van der Waals surface area contributed by atoms with Crippen molar-refractivity contribution in [1.29, 1.82) is 0 Å². The SMILES string of the molecule is CC(C)C1CC(N(C)CCN2CCNCC2)C1. The van der Waals surface area contributed by atoms with E-state index in [0.29, 0.717) is 0 Å². The van der Waals surface area contributed by atoms with Gasteiger partial charge in [0.15, 0.2) is 0 Å². The van der Waals surface area contributed by atoms with Crippen LogP contribution in [0.15, 0.2) is 0 Å². The summed E-state index contributed by atoms with van der Waals surface area (Å²) in [6.07, 6.45) is 2.85. The van der Waals surface area contributed by atoms with Gasteiger partial charge in [-0.1, -0.05) is 13.8 Å². The van der Waals surface area contributed by atoms with Crippen molar-refractivity contribution in [1.82, 2.24) is 15.1 Å². The zero-order chi connectivity index (χ0) is 12.3. The minimum Gasteiger partial charge on any atom is -0.314 e. The molecule has 1 saturated carbocycles. The van der Waals surface area contributed by atoms with Crippen molar-refractivity contribution in [2.45, 2.75) is 32.7 Å². The Labute approximate surface area is 107 Å². The Morgan fingerprint density at radius 2 is 1.88 bits per heavy atom. The summed E-state index contributed by atoms with van der Waals surface area (Å²) >= 11 is 0. The van der Waals surface area contributed by atoms with Crippen LogP contribution in [-0.2, 0) is 0 Å². The fourth-order valence-corrected chi connectivity index (χ4v) is 2.95. The summed E-state index contributed by atoms with van der Waals surface area (Å²) in [6.45, 7) is 12.0. The van der Waals surface area contributed by atoms with Crippen molar-refractivity contribution in [2.75, 3.05) is 46.3 Å². The van der Waals surface area contributed by atoms with Gasteiger partial charge < -0.3 is 10.2 Å². The first-order chi connectivity index (χ1) is 8.16. The number of likely N-dealkylation sites (N-methyl/N-ethyl adjacent to an activating group) is 1. The third-order valence-electron chi connectivity index (χ3n) is 4.69. The van der Waals surface area contributed by atoms with E-state index in [1.54, 1.807) is 0 Å². The molecule has 3 nitrogen and oxygen atoms in total. The third-order valence-corrected chi connectivity index (χ3v) is 4.69. The average Bonchev–Trinajstić information content (AvgIpc) is 2.25. The average molecular weight is 239 g/mol. The highest BCUT2D eigenvalue weighted by molar-refractivity contribution is 4.87. The molecule has 1 heterocycles. The van der Waals surface area contributed by atoms with Crippen LogP contribution in [-0.4, -0.2) is 62.2 Å². The van der Waals surface area contributed by atoms with E-state index in [1.165, 1.54) is 52.1 Å². The van der Waals surface area contributed by atoms with Crippen molar-refractivity contribution < 1.29 is 0 Å². The first kappa shape index (κ1) is 13.3. The number of nitrogens with one attached hydrogen (secondary N) is 1. The smallest absolute Gasteiger partial charge is 0.0110 e. The highest BCUT2D eigenvalue weighted by atomic mass is 15.2. The summed E-state index contributed by atoms with van der Waals surface area (Å²) in [7, 11) is 2.31. The molecule has 2 fully saturated rings. The monoisotopic (exact) mass is 239 g/mol. The van der Waals surface area contributed by atoms with Gasteiger partial charge in [-0.3, -0.25) is 4.90 Å². The van der Waals surface area contributed by atoms with E-state index < -0.39 is 0 Å². The van der Waals surface area contributed by atoms with Crippen molar-refractivity contribution in [3.63, 3.8) is 0 Å². The lowest BCUT2D eigenvalue weighted by molar-refractivity contribution is 0.0653. The summed E-state index contributed by atoms with van der Waals surface area (Å²) in [5, 5.41) is 3.41. The number of rotatable bonds is 5. The van der Waals surface area contributed by atoms with Crippen LogP contribution in [0.4, 0.5) is 0 Å². The Morgan fingerprint density at radius 1 is 1.24 bits per heavy atom. The molecule has 0 unspecified atom stereocenters. The summed E-state index contributed by atoms with van der Waals surface area (Å²) in [6, 6.07) is 0.866. The Balaban J connectivity index is 1.60. The molecule has 1 N–H and O–H groups in total. The number of piperazine rings is 1. The molecule has 0 aromatic carbocycles. The second-order valence-electron chi connectivity index (χ2n) is 6.20. The minimum atomic E-state index is 0.866. The molecular formula is C14H29N3. The summed E-state index contributed by atoms with van der Waals surface area (Å²) < 4.78 is 0. The van der Waals surface area contributed by atoms with Crippen LogP contribution >= 0.6 is 0 Å². The minimum absolute atomic E-state index is 0.866. The lowest BCUT2D eigenvalue weighted by Gasteiger charge is -2.44. The second-order valence-corrected chi connectivity index (χ2v) is 6.20. The van der Waals surface area contributed by atoms with Crippen molar-refractivity contribution in [3.05, 3.63) is 0 Å². The van der Waals surface area contributed by atoms with E-state index in [4.69, 9.17) is 0 Å². The predicted octanol–water partition coefficient (Wildman–Crippen LogP) is 1.26. The van der Waals surface area contributed by atoms with Crippen LogP contribution in [0.25, 0.3) is 0 Å². The van der Waals surface area contributed by atoms with E-state index in [1.807, 2.05) is 0 Å². The largest absolute Gasteiger partial charge is 0.314 e. The van der Waals surface area contributed by atoms with E-state index in [0.717, 1.165) is 17.9 Å². The Bertz CT molecular complexity index is 218. The molecule has 2 aliphatic rings. The predicted molar refractivity (Wildman–Crippen MR) is 73.3 cm³/mol. The maximum Gasteiger partial charge on any atom is 0.0110 e. The van der Waals surface area contributed by atoms with Gasteiger partial charge in [-0.25, -0.2) is 0 Å². The van der Waals surface area contributed by atoms with Crippen LogP contribution in [0.2, 0.25) is 0 Å².